The Morgan fingerprint density at radius 3 is 2.80 bits per heavy atom. The molecule has 4 aliphatic heterocycles. The van der Waals surface area contributed by atoms with Crippen LogP contribution in [0.2, 0.25) is 0 Å². The summed E-state index contributed by atoms with van der Waals surface area (Å²) in [4.78, 5) is 23.3. The van der Waals surface area contributed by atoms with E-state index in [2.05, 4.69) is 14.8 Å². The molecule has 0 spiro atoms. The van der Waals surface area contributed by atoms with Crippen molar-refractivity contribution >= 4 is 17.2 Å². The highest BCUT2D eigenvalue weighted by atomic mass is 32.1. The Morgan fingerprint density at radius 2 is 2.04 bits per heavy atom. The summed E-state index contributed by atoms with van der Waals surface area (Å²) in [6, 6.07) is 1.07. The summed E-state index contributed by atoms with van der Waals surface area (Å²) in [5.41, 5.74) is 2.97. The second-order valence-corrected chi connectivity index (χ2v) is 8.74. The lowest BCUT2D eigenvalue weighted by molar-refractivity contribution is -0.135. The normalized spacial score (nSPS) is 28.3. The average Bonchev–Trinajstić information content (AvgIpc) is 2.85. The zero-order chi connectivity index (χ0) is 17.2. The van der Waals surface area contributed by atoms with Gasteiger partial charge < -0.3 is 9.64 Å². The molecular weight excluding hydrogens is 334 g/mol. The summed E-state index contributed by atoms with van der Waals surface area (Å²) in [5.74, 6) is 0.993. The van der Waals surface area contributed by atoms with E-state index in [1.54, 1.807) is 11.3 Å². The van der Waals surface area contributed by atoms with Gasteiger partial charge in [-0.25, -0.2) is 4.98 Å². The number of hydrogen-bond donors (Lipinski definition) is 0. The Labute approximate surface area is 154 Å². The first kappa shape index (κ1) is 17.4. The van der Waals surface area contributed by atoms with Gasteiger partial charge in [-0.3, -0.25) is 9.69 Å². The Kier molecular flexibility index (Phi) is 5.39. The van der Waals surface area contributed by atoms with Crippen LogP contribution in [0.15, 0.2) is 5.51 Å². The van der Waals surface area contributed by atoms with Gasteiger partial charge >= 0.3 is 0 Å². The molecule has 4 saturated heterocycles. The highest BCUT2D eigenvalue weighted by Gasteiger charge is 2.39. The predicted octanol–water partition coefficient (Wildman–Crippen LogP) is 2.49. The first-order valence-electron chi connectivity index (χ1n) is 9.71. The van der Waals surface area contributed by atoms with Crippen molar-refractivity contribution in [3.05, 3.63) is 16.1 Å². The van der Waals surface area contributed by atoms with E-state index >= 15 is 0 Å². The molecular formula is C19H29N3O2S. The lowest BCUT2D eigenvalue weighted by atomic mass is 9.94. The zero-order valence-corrected chi connectivity index (χ0v) is 16.0. The van der Waals surface area contributed by atoms with Crippen LogP contribution in [0, 0.1) is 12.8 Å². The fourth-order valence-corrected chi connectivity index (χ4v) is 5.48. The van der Waals surface area contributed by atoms with Gasteiger partial charge in [0, 0.05) is 56.2 Å². The van der Waals surface area contributed by atoms with Crippen molar-refractivity contribution in [2.24, 2.45) is 5.92 Å². The van der Waals surface area contributed by atoms with Crippen molar-refractivity contribution < 1.29 is 9.53 Å². The van der Waals surface area contributed by atoms with E-state index in [1.165, 1.54) is 24.3 Å². The van der Waals surface area contributed by atoms with Gasteiger partial charge in [-0.05, 0) is 44.9 Å². The van der Waals surface area contributed by atoms with E-state index < -0.39 is 0 Å². The van der Waals surface area contributed by atoms with Crippen LogP contribution in [0.4, 0.5) is 0 Å². The van der Waals surface area contributed by atoms with Crippen LogP contribution >= 0.6 is 11.3 Å². The fraction of sp³-hybridized carbons (Fsp3) is 0.789. The molecule has 138 valence electrons. The van der Waals surface area contributed by atoms with E-state index in [4.69, 9.17) is 4.74 Å². The maximum atomic E-state index is 12.9. The van der Waals surface area contributed by atoms with Gasteiger partial charge in [0.15, 0.2) is 0 Å². The standard InChI is InChI=1S/C19H29N3O2S/c1-14-18(25-13-20-14)4-5-19(23)22-11-15-2-3-17(22)12-21(10-15)16-6-8-24-9-7-16/h13,15-17H,2-12H2,1H3/t15-,17+/m1/s1. The van der Waals surface area contributed by atoms with Gasteiger partial charge in [0.05, 0.1) is 11.2 Å². The number of amides is 1. The van der Waals surface area contributed by atoms with E-state index in [0.29, 0.717) is 30.3 Å². The monoisotopic (exact) mass is 363 g/mol. The molecule has 5 heterocycles. The summed E-state index contributed by atoms with van der Waals surface area (Å²) < 4.78 is 5.53. The minimum atomic E-state index is 0.344. The molecule has 0 saturated carbocycles. The first-order chi connectivity index (χ1) is 12.2. The van der Waals surface area contributed by atoms with Crippen molar-refractivity contribution in [1.82, 2.24) is 14.8 Å². The van der Waals surface area contributed by atoms with Gasteiger partial charge in [0.25, 0.3) is 0 Å². The summed E-state index contributed by atoms with van der Waals surface area (Å²) in [6.07, 6.45) is 6.23. The summed E-state index contributed by atoms with van der Waals surface area (Å²) in [6.45, 7) is 7.02. The van der Waals surface area contributed by atoms with Gasteiger partial charge in [0.1, 0.15) is 0 Å². The molecule has 1 aromatic rings. The number of ether oxygens (including phenoxy) is 1. The van der Waals surface area contributed by atoms with Crippen LogP contribution < -0.4 is 0 Å². The molecule has 4 aliphatic rings. The van der Waals surface area contributed by atoms with Crippen molar-refractivity contribution in [2.45, 2.75) is 57.5 Å². The van der Waals surface area contributed by atoms with E-state index in [-0.39, 0.29) is 0 Å². The summed E-state index contributed by atoms with van der Waals surface area (Å²) in [5, 5.41) is 0. The van der Waals surface area contributed by atoms with Crippen molar-refractivity contribution in [2.75, 3.05) is 32.8 Å². The topological polar surface area (TPSA) is 45.7 Å². The molecule has 0 aliphatic carbocycles. The summed E-state index contributed by atoms with van der Waals surface area (Å²) in [7, 11) is 0. The lowest BCUT2D eigenvalue weighted by Crippen LogP contribution is -2.48. The molecule has 2 atom stereocenters. The third kappa shape index (κ3) is 3.91. The van der Waals surface area contributed by atoms with Gasteiger partial charge in [-0.2, -0.15) is 0 Å². The molecule has 1 amide bonds. The molecule has 0 N–H and O–H groups in total. The van der Waals surface area contributed by atoms with Crippen LogP contribution in [0.25, 0.3) is 0 Å². The summed E-state index contributed by atoms with van der Waals surface area (Å²) >= 11 is 1.67. The number of nitrogens with zero attached hydrogens (tertiary/aromatic N) is 3. The second kappa shape index (κ2) is 7.72. The molecule has 6 heteroatoms. The predicted molar refractivity (Wildman–Crippen MR) is 98.8 cm³/mol. The van der Waals surface area contributed by atoms with Crippen molar-refractivity contribution in [3.8, 4) is 0 Å². The number of hydrogen-bond acceptors (Lipinski definition) is 5. The van der Waals surface area contributed by atoms with Crippen LogP contribution in [-0.4, -0.2) is 65.6 Å². The zero-order valence-electron chi connectivity index (χ0n) is 15.2. The molecule has 25 heavy (non-hydrogen) atoms. The molecule has 5 nitrogen and oxygen atoms in total. The minimum absolute atomic E-state index is 0.344. The number of carbonyl (C=O) groups excluding carboxylic acids is 1. The lowest BCUT2D eigenvalue weighted by Gasteiger charge is -2.37. The van der Waals surface area contributed by atoms with Crippen LogP contribution in [0.1, 0.15) is 42.7 Å². The second-order valence-electron chi connectivity index (χ2n) is 7.80. The molecule has 1 aromatic heterocycles. The van der Waals surface area contributed by atoms with Gasteiger partial charge in [-0.15, -0.1) is 11.3 Å². The highest BCUT2D eigenvalue weighted by molar-refractivity contribution is 7.09. The minimum Gasteiger partial charge on any atom is -0.381 e. The quantitative estimate of drug-likeness (QED) is 0.824. The van der Waals surface area contributed by atoms with E-state index in [0.717, 1.165) is 51.3 Å². The Balaban J connectivity index is 1.38. The maximum Gasteiger partial charge on any atom is 0.223 e. The number of aromatic nitrogens is 1. The third-order valence-electron chi connectivity index (χ3n) is 6.18. The fourth-order valence-electron chi connectivity index (χ4n) is 4.70. The molecule has 0 aromatic carbocycles. The van der Waals surface area contributed by atoms with Crippen LogP contribution in [-0.2, 0) is 16.0 Å². The van der Waals surface area contributed by atoms with Crippen LogP contribution in [0.5, 0.6) is 0 Å². The molecule has 0 radical (unpaired) electrons. The number of thiazole rings is 1. The number of rotatable bonds is 4. The van der Waals surface area contributed by atoms with E-state index in [9.17, 15) is 4.79 Å². The average molecular weight is 364 g/mol. The Bertz CT molecular complexity index is 599. The Hall–Kier alpha value is -0.980. The number of fused-ring (bicyclic) bond motifs is 4. The molecule has 4 fully saturated rings. The number of piperidine rings is 1. The largest absolute Gasteiger partial charge is 0.381 e. The molecule has 0 unspecified atom stereocenters. The number of carbonyl (C=O) groups is 1. The van der Waals surface area contributed by atoms with Gasteiger partial charge in [-0.1, -0.05) is 0 Å². The molecule has 5 rings (SSSR count). The van der Waals surface area contributed by atoms with Crippen LogP contribution in [0.3, 0.4) is 0 Å². The SMILES string of the molecule is Cc1ncsc1CCC(=O)N1C[C@@H]2CC[C@H]1CN(C1CCOCC1)C2. The van der Waals surface area contributed by atoms with Gasteiger partial charge in [0.2, 0.25) is 5.91 Å². The smallest absolute Gasteiger partial charge is 0.223 e. The highest BCUT2D eigenvalue weighted by Crippen LogP contribution is 2.31. The van der Waals surface area contributed by atoms with E-state index in [1.807, 2.05) is 12.4 Å². The Morgan fingerprint density at radius 1 is 1.20 bits per heavy atom. The first-order valence-corrected chi connectivity index (χ1v) is 10.6. The maximum absolute atomic E-state index is 12.9. The third-order valence-corrected chi connectivity index (χ3v) is 7.17. The van der Waals surface area contributed by atoms with Crippen molar-refractivity contribution in [3.63, 3.8) is 0 Å². The number of aryl methyl sites for hydroxylation is 2. The van der Waals surface area contributed by atoms with Crippen molar-refractivity contribution in [1.29, 1.82) is 0 Å². The molecule has 2 bridgehead atoms.